The van der Waals surface area contributed by atoms with Gasteiger partial charge in [0.05, 0.1) is 7.11 Å². The first kappa shape index (κ1) is 36.8. The van der Waals surface area contributed by atoms with Crippen molar-refractivity contribution in [1.29, 1.82) is 0 Å². The number of rotatable bonds is 7. The van der Waals surface area contributed by atoms with Gasteiger partial charge in [0.1, 0.15) is 12.2 Å². The Morgan fingerprint density at radius 1 is 0.824 bits per heavy atom. The smallest absolute Gasteiger partial charge is 0.305 e. The Balaban J connectivity index is 1.10. The Labute approximate surface area is 302 Å². The second-order valence-electron chi connectivity index (χ2n) is 17.4. The molecule has 0 radical (unpaired) electrons. The third-order valence-corrected chi connectivity index (χ3v) is 14.9. The number of methoxy groups -OCH3 is 1. The van der Waals surface area contributed by atoms with E-state index in [1.165, 1.54) is 26.5 Å². The lowest BCUT2D eigenvalue weighted by molar-refractivity contribution is -0.665. The van der Waals surface area contributed by atoms with Crippen LogP contribution >= 0.6 is 0 Å². The topological polar surface area (TPSA) is 116 Å². The molecule has 6 fully saturated rings. The molecule has 10 atom stereocenters. The van der Waals surface area contributed by atoms with Gasteiger partial charge in [-0.15, -0.1) is 0 Å². The van der Waals surface area contributed by atoms with E-state index in [-0.39, 0.29) is 76.5 Å². The number of carbonyl (C=O) groups excluding carboxylic acids is 3. The Morgan fingerprint density at radius 2 is 1.49 bits per heavy atom. The van der Waals surface area contributed by atoms with Gasteiger partial charge in [0.2, 0.25) is 11.6 Å². The lowest BCUT2D eigenvalue weighted by Crippen LogP contribution is -2.65. The van der Waals surface area contributed by atoms with Gasteiger partial charge in [0.25, 0.3) is 0 Å². The molecule has 6 aliphatic rings. The fraction of sp³-hybridized carbons (Fsp3) is 0.780. The van der Waals surface area contributed by atoms with Gasteiger partial charge in [0.15, 0.2) is 0 Å². The van der Waals surface area contributed by atoms with Gasteiger partial charge in [-0.05, 0) is 97.9 Å². The minimum Gasteiger partial charge on any atom is -0.469 e. The van der Waals surface area contributed by atoms with Gasteiger partial charge in [-0.25, -0.2) is 0 Å². The molecule has 5 aliphatic carbocycles. The van der Waals surface area contributed by atoms with Crippen molar-refractivity contribution in [2.45, 2.75) is 148 Å². The SMILES string of the molecule is COC(=O)CCC(C)C1CCC2C3C(OC(C)=O)CC4CC5(CCC4(C)C3CC(OC(C)=O)C12C)OOC1(CCC(c2ccccc2)CC1)OO5. The largest absolute Gasteiger partial charge is 0.469 e. The van der Waals surface area contributed by atoms with Crippen LogP contribution in [0.4, 0.5) is 0 Å². The van der Waals surface area contributed by atoms with E-state index in [4.69, 9.17) is 33.8 Å². The third-order valence-electron chi connectivity index (χ3n) is 14.9. The molecule has 2 spiro atoms. The molecule has 1 aromatic carbocycles. The molecule has 1 aliphatic heterocycles. The van der Waals surface area contributed by atoms with Gasteiger partial charge in [-0.3, -0.25) is 14.4 Å². The highest BCUT2D eigenvalue weighted by Gasteiger charge is 2.69. The summed E-state index contributed by atoms with van der Waals surface area (Å²) in [5.41, 5.74) is 0.896. The second kappa shape index (κ2) is 14.0. The van der Waals surface area contributed by atoms with E-state index < -0.39 is 11.6 Å². The van der Waals surface area contributed by atoms with Gasteiger partial charge in [-0.1, -0.05) is 51.1 Å². The van der Waals surface area contributed by atoms with E-state index in [1.54, 1.807) is 0 Å². The second-order valence-corrected chi connectivity index (χ2v) is 17.4. The van der Waals surface area contributed by atoms with Crippen LogP contribution < -0.4 is 0 Å². The maximum Gasteiger partial charge on any atom is 0.305 e. The number of hydrogen-bond donors (Lipinski definition) is 0. The van der Waals surface area contributed by atoms with Crippen molar-refractivity contribution in [1.82, 2.24) is 0 Å². The summed E-state index contributed by atoms with van der Waals surface area (Å²) >= 11 is 0. The fourth-order valence-electron chi connectivity index (χ4n) is 12.2. The van der Waals surface area contributed by atoms with Crippen LogP contribution in [-0.4, -0.2) is 48.8 Å². The fourth-order valence-corrected chi connectivity index (χ4v) is 12.2. The number of benzene rings is 1. The van der Waals surface area contributed by atoms with Crippen LogP contribution in [0, 0.1) is 46.3 Å². The number of fused-ring (bicyclic) bond motifs is 5. The molecular weight excluding hydrogens is 652 g/mol. The van der Waals surface area contributed by atoms with Crippen LogP contribution in [0.5, 0.6) is 0 Å². The normalized spacial score (nSPS) is 43.7. The first-order valence-electron chi connectivity index (χ1n) is 19.5. The highest BCUT2D eigenvalue weighted by Crippen LogP contribution is 2.70. The lowest BCUT2D eigenvalue weighted by Gasteiger charge is -2.65. The predicted molar refractivity (Wildman–Crippen MR) is 185 cm³/mol. The van der Waals surface area contributed by atoms with Crippen molar-refractivity contribution in [3.63, 3.8) is 0 Å². The van der Waals surface area contributed by atoms with E-state index >= 15 is 0 Å². The van der Waals surface area contributed by atoms with Crippen molar-refractivity contribution in [2.75, 3.05) is 7.11 Å². The number of carbonyl (C=O) groups is 3. The lowest BCUT2D eigenvalue weighted by atomic mass is 9.42. The zero-order valence-electron chi connectivity index (χ0n) is 31.4. The van der Waals surface area contributed by atoms with Crippen molar-refractivity contribution in [3.8, 4) is 0 Å². The van der Waals surface area contributed by atoms with Gasteiger partial charge in [-0.2, -0.15) is 19.6 Å². The molecule has 282 valence electrons. The van der Waals surface area contributed by atoms with Crippen LogP contribution in [0.25, 0.3) is 0 Å². The molecule has 0 amide bonds. The zero-order chi connectivity index (χ0) is 36.2. The van der Waals surface area contributed by atoms with Gasteiger partial charge < -0.3 is 14.2 Å². The number of ether oxygens (including phenoxy) is 3. The Morgan fingerprint density at radius 3 is 2.14 bits per heavy atom. The third kappa shape index (κ3) is 6.65. The molecule has 10 heteroatoms. The molecule has 51 heavy (non-hydrogen) atoms. The molecular formula is C41H58O10. The number of esters is 3. The molecule has 1 heterocycles. The predicted octanol–water partition coefficient (Wildman–Crippen LogP) is 7.98. The van der Waals surface area contributed by atoms with Crippen LogP contribution in [0.15, 0.2) is 30.3 Å². The molecule has 0 N–H and O–H groups in total. The molecule has 7 rings (SSSR count). The van der Waals surface area contributed by atoms with Crippen LogP contribution in [0.2, 0.25) is 0 Å². The summed E-state index contributed by atoms with van der Waals surface area (Å²) in [5.74, 6) is -1.16. The van der Waals surface area contributed by atoms with E-state index in [2.05, 4.69) is 45.0 Å². The summed E-state index contributed by atoms with van der Waals surface area (Å²) in [6.45, 7) is 9.90. The van der Waals surface area contributed by atoms with Crippen molar-refractivity contribution in [3.05, 3.63) is 35.9 Å². The minimum atomic E-state index is -1.04. The van der Waals surface area contributed by atoms with Crippen molar-refractivity contribution < 1.29 is 48.1 Å². The molecule has 5 saturated carbocycles. The zero-order valence-corrected chi connectivity index (χ0v) is 31.4. The molecule has 0 aromatic heterocycles. The molecule has 0 bridgehead atoms. The molecule has 10 nitrogen and oxygen atoms in total. The Hall–Kier alpha value is -2.53. The van der Waals surface area contributed by atoms with Crippen LogP contribution in [0.3, 0.4) is 0 Å². The summed E-state index contributed by atoms with van der Waals surface area (Å²) in [6, 6.07) is 10.6. The molecule has 10 unspecified atom stereocenters. The highest BCUT2D eigenvalue weighted by atomic mass is 17.4. The molecule has 1 saturated heterocycles. The Bertz CT molecular complexity index is 1430. The highest BCUT2D eigenvalue weighted by molar-refractivity contribution is 5.69. The average molecular weight is 711 g/mol. The maximum absolute atomic E-state index is 12.7. The van der Waals surface area contributed by atoms with E-state index in [0.717, 1.165) is 38.5 Å². The quantitative estimate of drug-likeness (QED) is 0.157. The van der Waals surface area contributed by atoms with Crippen LogP contribution in [-0.2, 0) is 48.1 Å². The van der Waals surface area contributed by atoms with Crippen molar-refractivity contribution in [2.24, 2.45) is 46.3 Å². The van der Waals surface area contributed by atoms with Crippen LogP contribution in [0.1, 0.15) is 130 Å². The van der Waals surface area contributed by atoms with E-state index in [0.29, 0.717) is 50.9 Å². The Kier molecular flexibility index (Phi) is 10.1. The van der Waals surface area contributed by atoms with Gasteiger partial charge >= 0.3 is 17.9 Å². The summed E-state index contributed by atoms with van der Waals surface area (Å²) < 4.78 is 17.5. The standard InChI is InChI=1S/C41H58O10/c1-25(12-15-36(44)45-6)31-13-14-32-37-33(23-35(39(31,32)5)47-27(3)43)38(4)20-21-41(24-30(38)22-34(37)46-26(2)42)50-48-40(49-51-41)18-16-29(17-19-40)28-10-8-7-9-11-28/h7-11,25,29-35,37H,12-24H2,1-6H3. The summed E-state index contributed by atoms with van der Waals surface area (Å²) in [6.07, 6.45) is 9.06. The summed E-state index contributed by atoms with van der Waals surface area (Å²) in [7, 11) is 1.43. The number of hydrogen-bond acceptors (Lipinski definition) is 10. The average Bonchev–Trinajstić information content (AvgIpc) is 3.48. The first-order valence-corrected chi connectivity index (χ1v) is 19.5. The maximum atomic E-state index is 12.7. The molecule has 1 aromatic rings. The van der Waals surface area contributed by atoms with Crippen molar-refractivity contribution >= 4 is 17.9 Å². The first-order chi connectivity index (χ1) is 24.3. The van der Waals surface area contributed by atoms with E-state index in [1.807, 2.05) is 6.07 Å². The summed E-state index contributed by atoms with van der Waals surface area (Å²) in [4.78, 5) is 62.4. The van der Waals surface area contributed by atoms with Gasteiger partial charge in [0, 0.05) is 57.3 Å². The monoisotopic (exact) mass is 710 g/mol. The van der Waals surface area contributed by atoms with E-state index in [9.17, 15) is 14.4 Å². The summed E-state index contributed by atoms with van der Waals surface area (Å²) in [5, 5.41) is 0. The minimum absolute atomic E-state index is 0.102.